The maximum absolute atomic E-state index is 9.97. The molecule has 1 N–H and O–H groups in total. The summed E-state index contributed by atoms with van der Waals surface area (Å²) in [5.41, 5.74) is 0.962. The minimum atomic E-state index is -0.302. The molecule has 1 heterocycles. The number of hydrogen-bond donors (Lipinski definition) is 1. The van der Waals surface area contributed by atoms with Gasteiger partial charge in [0.05, 0.1) is 6.10 Å². The molecule has 0 amide bonds. The molecule has 0 aromatic heterocycles. The molecule has 2 heteroatoms. The molecule has 2 nitrogen and oxygen atoms in total. The molecular formula is C11H12O2. The van der Waals surface area contributed by atoms with Crippen molar-refractivity contribution in [2.45, 2.75) is 25.0 Å². The van der Waals surface area contributed by atoms with Gasteiger partial charge in [-0.15, -0.1) is 0 Å². The molecule has 2 aliphatic rings. The van der Waals surface area contributed by atoms with Gasteiger partial charge >= 0.3 is 0 Å². The highest BCUT2D eigenvalue weighted by atomic mass is 16.5. The lowest BCUT2D eigenvalue weighted by Gasteiger charge is -2.44. The topological polar surface area (TPSA) is 29.5 Å². The van der Waals surface area contributed by atoms with E-state index in [0.717, 1.165) is 24.2 Å². The summed E-state index contributed by atoms with van der Waals surface area (Å²) in [5, 5.41) is 9.97. The third kappa shape index (κ3) is 0.923. The Morgan fingerprint density at radius 3 is 2.85 bits per heavy atom. The van der Waals surface area contributed by atoms with Crippen molar-refractivity contribution in [2.75, 3.05) is 0 Å². The van der Waals surface area contributed by atoms with Gasteiger partial charge in [0.25, 0.3) is 0 Å². The Morgan fingerprint density at radius 2 is 2.08 bits per heavy atom. The van der Waals surface area contributed by atoms with Crippen LogP contribution in [0, 0.1) is 5.92 Å². The minimum absolute atomic E-state index is 0.268. The second-order valence-corrected chi connectivity index (χ2v) is 3.88. The number of ether oxygens (including phenoxy) is 1. The summed E-state index contributed by atoms with van der Waals surface area (Å²) in [6.07, 6.45) is 2.16. The molecule has 1 fully saturated rings. The van der Waals surface area contributed by atoms with Crippen molar-refractivity contribution in [2.24, 2.45) is 5.92 Å². The quantitative estimate of drug-likeness (QED) is 0.654. The summed E-state index contributed by atoms with van der Waals surface area (Å²) < 4.78 is 5.74. The highest BCUT2D eigenvalue weighted by Crippen LogP contribution is 2.47. The van der Waals surface area contributed by atoms with E-state index in [9.17, 15) is 5.11 Å². The average molecular weight is 176 g/mol. The first-order valence-electron chi connectivity index (χ1n) is 4.80. The van der Waals surface area contributed by atoms with Gasteiger partial charge < -0.3 is 9.84 Å². The van der Waals surface area contributed by atoms with E-state index in [4.69, 9.17) is 4.74 Å². The van der Waals surface area contributed by atoms with Crippen LogP contribution < -0.4 is 4.74 Å². The number of benzene rings is 1. The van der Waals surface area contributed by atoms with Gasteiger partial charge in [-0.25, -0.2) is 0 Å². The van der Waals surface area contributed by atoms with Gasteiger partial charge in [-0.3, -0.25) is 0 Å². The van der Waals surface area contributed by atoms with Gasteiger partial charge in [-0.2, -0.15) is 0 Å². The molecule has 0 bridgehead atoms. The first kappa shape index (κ1) is 7.39. The standard InChI is InChI=1S/C11H12O2/c12-11-7-3-1-2-4-9(7)13-10-6-5-8(10)11/h1-4,8,10-12H,5-6H2. The Labute approximate surface area is 77.2 Å². The molecule has 1 saturated carbocycles. The summed E-state index contributed by atoms with van der Waals surface area (Å²) in [6, 6.07) is 7.79. The zero-order valence-electron chi connectivity index (χ0n) is 7.31. The monoisotopic (exact) mass is 176 g/mol. The summed E-state index contributed by atoms with van der Waals surface area (Å²) in [5.74, 6) is 1.21. The van der Waals surface area contributed by atoms with Gasteiger partial charge in [-0.1, -0.05) is 18.2 Å². The van der Waals surface area contributed by atoms with E-state index in [1.54, 1.807) is 0 Å². The predicted molar refractivity (Wildman–Crippen MR) is 48.5 cm³/mol. The van der Waals surface area contributed by atoms with Gasteiger partial charge in [0.1, 0.15) is 11.9 Å². The number of aliphatic hydroxyl groups is 1. The van der Waals surface area contributed by atoms with Crippen molar-refractivity contribution < 1.29 is 9.84 Å². The third-order valence-corrected chi connectivity index (χ3v) is 3.18. The number of rotatable bonds is 0. The molecule has 1 aromatic rings. The Morgan fingerprint density at radius 1 is 1.23 bits per heavy atom. The van der Waals surface area contributed by atoms with E-state index in [1.165, 1.54) is 0 Å². The Balaban J connectivity index is 2.06. The van der Waals surface area contributed by atoms with Gasteiger partial charge in [0.2, 0.25) is 0 Å². The SMILES string of the molecule is OC1c2ccccc2OC2CCC21. The van der Waals surface area contributed by atoms with Gasteiger partial charge in [-0.05, 0) is 18.9 Å². The van der Waals surface area contributed by atoms with Gasteiger partial charge in [0.15, 0.2) is 0 Å². The first-order chi connectivity index (χ1) is 6.36. The second-order valence-electron chi connectivity index (χ2n) is 3.88. The summed E-state index contributed by atoms with van der Waals surface area (Å²) in [6.45, 7) is 0. The van der Waals surface area contributed by atoms with E-state index in [-0.39, 0.29) is 12.2 Å². The fraction of sp³-hybridized carbons (Fsp3) is 0.455. The lowest BCUT2D eigenvalue weighted by atomic mass is 9.74. The lowest BCUT2D eigenvalue weighted by Crippen LogP contribution is -2.43. The molecule has 1 aliphatic heterocycles. The molecule has 3 unspecified atom stereocenters. The molecule has 13 heavy (non-hydrogen) atoms. The van der Waals surface area contributed by atoms with E-state index in [2.05, 4.69) is 0 Å². The highest BCUT2D eigenvalue weighted by Gasteiger charge is 2.43. The smallest absolute Gasteiger partial charge is 0.125 e. The number of aliphatic hydroxyl groups excluding tert-OH is 1. The molecule has 1 aromatic carbocycles. The van der Waals surface area contributed by atoms with Crippen LogP contribution in [0.2, 0.25) is 0 Å². The van der Waals surface area contributed by atoms with E-state index < -0.39 is 0 Å². The van der Waals surface area contributed by atoms with Crippen molar-refractivity contribution >= 4 is 0 Å². The third-order valence-electron chi connectivity index (χ3n) is 3.18. The van der Waals surface area contributed by atoms with Crippen LogP contribution in [0.5, 0.6) is 5.75 Å². The summed E-state index contributed by atoms with van der Waals surface area (Å²) in [7, 11) is 0. The summed E-state index contributed by atoms with van der Waals surface area (Å²) >= 11 is 0. The molecular weight excluding hydrogens is 164 g/mol. The largest absolute Gasteiger partial charge is 0.490 e. The molecule has 0 spiro atoms. The zero-order valence-corrected chi connectivity index (χ0v) is 7.31. The first-order valence-corrected chi connectivity index (χ1v) is 4.80. The Kier molecular flexibility index (Phi) is 1.41. The molecule has 68 valence electrons. The van der Waals surface area contributed by atoms with E-state index in [1.807, 2.05) is 24.3 Å². The number of para-hydroxylation sites is 1. The fourth-order valence-corrected chi connectivity index (χ4v) is 2.23. The number of hydrogen-bond acceptors (Lipinski definition) is 2. The maximum Gasteiger partial charge on any atom is 0.125 e. The van der Waals surface area contributed by atoms with Crippen molar-refractivity contribution in [3.8, 4) is 5.75 Å². The summed E-state index contributed by atoms with van der Waals surface area (Å²) in [4.78, 5) is 0. The van der Waals surface area contributed by atoms with Crippen molar-refractivity contribution in [1.82, 2.24) is 0 Å². The molecule has 0 saturated heterocycles. The molecule has 3 atom stereocenters. The van der Waals surface area contributed by atoms with Crippen molar-refractivity contribution in [3.05, 3.63) is 29.8 Å². The Bertz CT molecular complexity index is 335. The zero-order chi connectivity index (χ0) is 8.84. The maximum atomic E-state index is 9.97. The van der Waals surface area contributed by atoms with Crippen LogP contribution in [0.3, 0.4) is 0 Å². The highest BCUT2D eigenvalue weighted by molar-refractivity contribution is 5.38. The Hall–Kier alpha value is -1.02. The van der Waals surface area contributed by atoms with Crippen molar-refractivity contribution in [1.29, 1.82) is 0 Å². The normalized spacial score (nSPS) is 35.3. The second kappa shape index (κ2) is 2.48. The van der Waals surface area contributed by atoms with Crippen LogP contribution >= 0.6 is 0 Å². The van der Waals surface area contributed by atoms with Gasteiger partial charge in [0, 0.05) is 11.5 Å². The van der Waals surface area contributed by atoms with Crippen LogP contribution in [0.1, 0.15) is 24.5 Å². The van der Waals surface area contributed by atoms with Crippen molar-refractivity contribution in [3.63, 3.8) is 0 Å². The molecule has 0 radical (unpaired) electrons. The lowest BCUT2D eigenvalue weighted by molar-refractivity contribution is -0.0600. The minimum Gasteiger partial charge on any atom is -0.490 e. The molecule has 3 rings (SSSR count). The molecule has 1 aliphatic carbocycles. The fourth-order valence-electron chi connectivity index (χ4n) is 2.23. The van der Waals surface area contributed by atoms with Crippen LogP contribution in [-0.2, 0) is 0 Å². The van der Waals surface area contributed by atoms with Crippen LogP contribution in [-0.4, -0.2) is 11.2 Å². The van der Waals surface area contributed by atoms with E-state index >= 15 is 0 Å². The van der Waals surface area contributed by atoms with Crippen LogP contribution in [0.4, 0.5) is 0 Å². The number of fused-ring (bicyclic) bond motifs is 2. The predicted octanol–water partition coefficient (Wildman–Crippen LogP) is 1.89. The van der Waals surface area contributed by atoms with Crippen LogP contribution in [0.25, 0.3) is 0 Å². The van der Waals surface area contributed by atoms with E-state index in [0.29, 0.717) is 5.92 Å². The van der Waals surface area contributed by atoms with Crippen LogP contribution in [0.15, 0.2) is 24.3 Å². The average Bonchev–Trinajstić information content (AvgIpc) is 2.11.